The lowest BCUT2D eigenvalue weighted by Crippen LogP contribution is -2.46. The molecule has 1 aliphatic heterocycles. The number of imide groups is 1. The van der Waals surface area contributed by atoms with Gasteiger partial charge in [0.05, 0.1) is 19.2 Å². The summed E-state index contributed by atoms with van der Waals surface area (Å²) in [4.78, 5) is 46.3. The van der Waals surface area contributed by atoms with Crippen molar-refractivity contribution in [2.45, 2.75) is 18.9 Å². The molecule has 0 spiro atoms. The van der Waals surface area contributed by atoms with Crippen LogP contribution in [0, 0.1) is 3.57 Å². The van der Waals surface area contributed by atoms with Gasteiger partial charge in [0.25, 0.3) is 11.8 Å². The van der Waals surface area contributed by atoms with Gasteiger partial charge < -0.3 is 14.6 Å². The average molecular weight is 593 g/mol. The van der Waals surface area contributed by atoms with E-state index in [0.29, 0.717) is 23.4 Å². The van der Waals surface area contributed by atoms with Gasteiger partial charge in [-0.25, -0.2) is 4.90 Å². The van der Waals surface area contributed by atoms with Crippen LogP contribution in [-0.2, 0) is 16.0 Å². The summed E-state index contributed by atoms with van der Waals surface area (Å²) in [6.45, 7) is 0.280. The molecule has 7 nitrogen and oxygen atoms in total. The number of halogens is 1. The van der Waals surface area contributed by atoms with Crippen molar-refractivity contribution in [1.82, 2.24) is 9.88 Å². The van der Waals surface area contributed by atoms with E-state index in [1.165, 1.54) is 16.9 Å². The highest BCUT2D eigenvalue weighted by Crippen LogP contribution is 2.28. The van der Waals surface area contributed by atoms with Crippen molar-refractivity contribution in [3.8, 4) is 5.75 Å². The van der Waals surface area contributed by atoms with Crippen molar-refractivity contribution >= 4 is 56.9 Å². The SMILES string of the molecule is COc1cccc(C(=O)N(CCc2c[nH]c3ccccc23)C2CC(=O)N(c3ccc(I)cc3)C2=O)c1. The van der Waals surface area contributed by atoms with Crippen molar-refractivity contribution in [2.75, 3.05) is 18.6 Å². The van der Waals surface area contributed by atoms with E-state index >= 15 is 0 Å². The molecule has 5 rings (SSSR count). The van der Waals surface area contributed by atoms with Gasteiger partial charge in [-0.3, -0.25) is 14.4 Å². The normalized spacial score (nSPS) is 15.5. The molecule has 0 radical (unpaired) electrons. The highest BCUT2D eigenvalue weighted by molar-refractivity contribution is 14.1. The third-order valence-corrected chi connectivity index (χ3v) is 7.18. The summed E-state index contributed by atoms with van der Waals surface area (Å²) in [5.41, 5.74) is 2.97. The van der Waals surface area contributed by atoms with Crippen LogP contribution in [0.1, 0.15) is 22.3 Å². The van der Waals surface area contributed by atoms with E-state index in [4.69, 9.17) is 4.74 Å². The summed E-state index contributed by atoms with van der Waals surface area (Å²) in [5, 5.41) is 1.07. The molecular weight excluding hydrogens is 569 g/mol. The summed E-state index contributed by atoms with van der Waals surface area (Å²) in [7, 11) is 1.54. The molecular formula is C28H24IN3O4. The molecule has 4 aromatic rings. The summed E-state index contributed by atoms with van der Waals surface area (Å²) < 4.78 is 6.30. The zero-order valence-electron chi connectivity index (χ0n) is 19.6. The topological polar surface area (TPSA) is 82.7 Å². The van der Waals surface area contributed by atoms with Gasteiger partial charge in [0.1, 0.15) is 11.8 Å². The number of nitrogens with one attached hydrogen (secondary N) is 1. The second kappa shape index (κ2) is 10.1. The van der Waals surface area contributed by atoms with Gasteiger partial charge in [-0.05, 0) is 83.1 Å². The van der Waals surface area contributed by atoms with Crippen LogP contribution in [0.3, 0.4) is 0 Å². The Morgan fingerprint density at radius 2 is 1.86 bits per heavy atom. The van der Waals surface area contributed by atoms with Gasteiger partial charge >= 0.3 is 0 Å². The number of aromatic nitrogens is 1. The van der Waals surface area contributed by atoms with Crippen LogP contribution in [0.15, 0.2) is 79.0 Å². The number of carbonyl (C=O) groups excluding carboxylic acids is 3. The fourth-order valence-corrected chi connectivity index (χ4v) is 4.98. The lowest BCUT2D eigenvalue weighted by molar-refractivity contribution is -0.122. The van der Waals surface area contributed by atoms with Crippen LogP contribution < -0.4 is 9.64 Å². The highest BCUT2D eigenvalue weighted by atomic mass is 127. The van der Waals surface area contributed by atoms with Crippen molar-refractivity contribution in [3.63, 3.8) is 0 Å². The Morgan fingerprint density at radius 3 is 2.64 bits per heavy atom. The van der Waals surface area contributed by atoms with Crippen molar-refractivity contribution in [2.24, 2.45) is 0 Å². The van der Waals surface area contributed by atoms with Gasteiger partial charge in [0, 0.05) is 32.8 Å². The molecule has 8 heteroatoms. The fraction of sp³-hybridized carbons (Fsp3) is 0.179. The van der Waals surface area contributed by atoms with Crippen molar-refractivity contribution < 1.29 is 19.1 Å². The first-order valence-electron chi connectivity index (χ1n) is 11.6. The number of methoxy groups -OCH3 is 1. The summed E-state index contributed by atoms with van der Waals surface area (Å²) in [6.07, 6.45) is 2.40. The molecule has 1 aliphatic rings. The maximum Gasteiger partial charge on any atom is 0.257 e. The molecule has 3 aromatic carbocycles. The largest absolute Gasteiger partial charge is 0.497 e. The molecule has 1 atom stereocenters. The minimum atomic E-state index is -0.888. The zero-order valence-corrected chi connectivity index (χ0v) is 21.8. The third-order valence-electron chi connectivity index (χ3n) is 6.46. The molecule has 1 unspecified atom stereocenters. The number of amides is 3. The Morgan fingerprint density at radius 1 is 1.08 bits per heavy atom. The molecule has 36 heavy (non-hydrogen) atoms. The summed E-state index contributed by atoms with van der Waals surface area (Å²) in [6, 6.07) is 21.1. The lowest BCUT2D eigenvalue weighted by Gasteiger charge is -2.28. The van der Waals surface area contributed by atoms with Gasteiger partial charge in [0.2, 0.25) is 5.91 Å². The maximum absolute atomic E-state index is 13.7. The molecule has 2 heterocycles. The number of aromatic amines is 1. The second-order valence-corrected chi connectivity index (χ2v) is 9.85. The first kappa shape index (κ1) is 24.1. The Labute approximate surface area is 222 Å². The zero-order chi connectivity index (χ0) is 25.2. The monoisotopic (exact) mass is 593 g/mol. The Hall–Kier alpha value is -3.66. The highest BCUT2D eigenvalue weighted by Gasteiger charge is 2.44. The van der Waals surface area contributed by atoms with Crippen LogP contribution in [0.25, 0.3) is 10.9 Å². The number of para-hydroxylation sites is 1. The van der Waals surface area contributed by atoms with E-state index < -0.39 is 11.9 Å². The molecule has 182 valence electrons. The first-order valence-corrected chi connectivity index (χ1v) is 12.7. The number of nitrogens with zero attached hydrogens (tertiary/aromatic N) is 2. The predicted molar refractivity (Wildman–Crippen MR) is 146 cm³/mol. The molecule has 1 N–H and O–H groups in total. The Bertz CT molecular complexity index is 1450. The molecule has 1 aromatic heterocycles. The van der Waals surface area contributed by atoms with Crippen LogP contribution in [0.2, 0.25) is 0 Å². The number of H-pyrrole nitrogens is 1. The van der Waals surface area contributed by atoms with Gasteiger partial charge in [-0.2, -0.15) is 0 Å². The molecule has 0 saturated carbocycles. The molecule has 0 aliphatic carbocycles. The van der Waals surface area contributed by atoms with Crippen LogP contribution in [0.4, 0.5) is 5.69 Å². The van der Waals surface area contributed by atoms with Crippen molar-refractivity contribution in [3.05, 3.63) is 93.7 Å². The predicted octanol–water partition coefficient (Wildman–Crippen LogP) is 4.80. The van der Waals surface area contributed by atoms with E-state index in [0.717, 1.165) is 20.0 Å². The first-order chi connectivity index (χ1) is 17.5. The number of hydrogen-bond donors (Lipinski definition) is 1. The van der Waals surface area contributed by atoms with Crippen LogP contribution >= 0.6 is 22.6 Å². The number of anilines is 1. The fourth-order valence-electron chi connectivity index (χ4n) is 4.62. The second-order valence-electron chi connectivity index (χ2n) is 8.60. The summed E-state index contributed by atoms with van der Waals surface area (Å²) in [5.74, 6) is -0.478. The van der Waals surface area contributed by atoms with Crippen molar-refractivity contribution in [1.29, 1.82) is 0 Å². The molecule has 1 saturated heterocycles. The number of ether oxygens (including phenoxy) is 1. The number of benzene rings is 3. The number of hydrogen-bond acceptors (Lipinski definition) is 4. The number of carbonyl (C=O) groups is 3. The molecule has 3 amide bonds. The lowest BCUT2D eigenvalue weighted by atomic mass is 10.1. The smallest absolute Gasteiger partial charge is 0.257 e. The van der Waals surface area contributed by atoms with E-state index in [1.807, 2.05) is 42.6 Å². The number of fused-ring (bicyclic) bond motifs is 1. The molecule has 0 bridgehead atoms. The van der Waals surface area contributed by atoms with E-state index in [1.54, 1.807) is 36.4 Å². The van der Waals surface area contributed by atoms with Gasteiger partial charge in [-0.15, -0.1) is 0 Å². The van der Waals surface area contributed by atoms with Gasteiger partial charge in [-0.1, -0.05) is 24.3 Å². The Balaban J connectivity index is 1.47. The van der Waals surface area contributed by atoms with Gasteiger partial charge in [0.15, 0.2) is 0 Å². The van der Waals surface area contributed by atoms with E-state index in [2.05, 4.69) is 27.6 Å². The minimum absolute atomic E-state index is 0.0611. The average Bonchev–Trinajstić information content (AvgIpc) is 3.45. The van der Waals surface area contributed by atoms with E-state index in [-0.39, 0.29) is 24.8 Å². The standard InChI is InChI=1S/C28H24IN3O4/c1-36-22-6-4-5-18(15-22)27(34)31(14-13-19-17-30-24-8-3-2-7-23(19)24)25-16-26(33)32(28(25)35)21-11-9-20(29)10-12-21/h2-12,15,17,25,30H,13-14,16H2,1H3. The van der Waals surface area contributed by atoms with Crippen LogP contribution in [0.5, 0.6) is 5.75 Å². The summed E-state index contributed by atoms with van der Waals surface area (Å²) >= 11 is 2.17. The van der Waals surface area contributed by atoms with E-state index in [9.17, 15) is 14.4 Å². The molecule has 1 fully saturated rings. The Kier molecular flexibility index (Phi) is 6.77. The quantitative estimate of drug-likeness (QED) is 0.247. The number of rotatable bonds is 7. The minimum Gasteiger partial charge on any atom is -0.497 e. The third kappa shape index (κ3) is 4.60. The van der Waals surface area contributed by atoms with Crippen LogP contribution in [-0.4, -0.2) is 47.3 Å². The maximum atomic E-state index is 13.7.